The summed E-state index contributed by atoms with van der Waals surface area (Å²) in [7, 11) is 0. The number of hydrogen-bond acceptors (Lipinski definition) is 5. The lowest BCUT2D eigenvalue weighted by molar-refractivity contribution is -0.113. The number of carbonyl (C=O) groups is 1. The fraction of sp³-hybridized carbons (Fsp3) is 0.318. The number of rotatable bonds is 6. The number of anilines is 2. The number of aromatic nitrogens is 3. The van der Waals surface area contributed by atoms with Gasteiger partial charge in [0.15, 0.2) is 5.16 Å². The van der Waals surface area contributed by atoms with Gasteiger partial charge in [0.1, 0.15) is 0 Å². The molecule has 8 heteroatoms. The highest BCUT2D eigenvalue weighted by Gasteiger charge is 2.22. The van der Waals surface area contributed by atoms with Gasteiger partial charge in [-0.1, -0.05) is 36.0 Å². The van der Waals surface area contributed by atoms with Crippen molar-refractivity contribution >= 4 is 45.2 Å². The summed E-state index contributed by atoms with van der Waals surface area (Å²) in [5.74, 6) is 1.03. The Balaban J connectivity index is 1.52. The number of benzene rings is 2. The standard InChI is InChI=1S/C22H24BrN5OS/c1-16-10-11-19(18(23)14-16)24-20(29)15-30-22-26-25-21(27-12-6-3-7-13-27)28(22)17-8-4-2-5-9-17/h2,4-5,8-11,14H,3,6-7,12-13,15H2,1H3,(H,24,29). The normalized spacial score (nSPS) is 14.0. The quantitative estimate of drug-likeness (QED) is 0.494. The van der Waals surface area contributed by atoms with Gasteiger partial charge in [0.25, 0.3) is 0 Å². The smallest absolute Gasteiger partial charge is 0.234 e. The minimum Gasteiger partial charge on any atom is -0.341 e. The van der Waals surface area contributed by atoms with Gasteiger partial charge in [0.2, 0.25) is 11.9 Å². The number of para-hydroxylation sites is 1. The zero-order valence-corrected chi connectivity index (χ0v) is 19.2. The van der Waals surface area contributed by atoms with E-state index in [1.807, 2.05) is 55.5 Å². The summed E-state index contributed by atoms with van der Waals surface area (Å²) in [5, 5.41) is 12.6. The number of halogens is 1. The lowest BCUT2D eigenvalue weighted by Gasteiger charge is -2.27. The molecule has 3 aromatic rings. The third kappa shape index (κ3) is 4.87. The molecule has 1 aromatic heterocycles. The maximum atomic E-state index is 12.6. The Kier molecular flexibility index (Phi) is 6.74. The largest absolute Gasteiger partial charge is 0.341 e. The second-order valence-corrected chi connectivity index (χ2v) is 9.12. The first kappa shape index (κ1) is 20.9. The Bertz CT molecular complexity index is 1020. The molecule has 6 nitrogen and oxygen atoms in total. The van der Waals surface area contributed by atoms with E-state index in [-0.39, 0.29) is 11.7 Å². The first-order valence-electron chi connectivity index (χ1n) is 10.1. The Morgan fingerprint density at radius 1 is 1.10 bits per heavy atom. The maximum Gasteiger partial charge on any atom is 0.234 e. The van der Waals surface area contributed by atoms with E-state index >= 15 is 0 Å². The van der Waals surface area contributed by atoms with Gasteiger partial charge in [-0.2, -0.15) is 0 Å². The predicted octanol–water partition coefficient (Wildman–Crippen LogP) is 5.06. The average Bonchev–Trinajstić information content (AvgIpc) is 3.19. The van der Waals surface area contributed by atoms with E-state index in [1.54, 1.807) is 0 Å². The van der Waals surface area contributed by atoms with Crippen molar-refractivity contribution in [3.05, 3.63) is 58.6 Å². The summed E-state index contributed by atoms with van der Waals surface area (Å²) >= 11 is 4.91. The predicted molar refractivity (Wildman–Crippen MR) is 126 cm³/mol. The molecule has 30 heavy (non-hydrogen) atoms. The van der Waals surface area contributed by atoms with Gasteiger partial charge in [-0.25, -0.2) is 0 Å². The van der Waals surface area contributed by atoms with E-state index in [1.165, 1.54) is 18.2 Å². The lowest BCUT2D eigenvalue weighted by atomic mass is 10.1. The summed E-state index contributed by atoms with van der Waals surface area (Å²) in [5.41, 5.74) is 2.91. The minimum atomic E-state index is -0.0771. The van der Waals surface area contributed by atoms with E-state index in [0.29, 0.717) is 0 Å². The van der Waals surface area contributed by atoms with Crippen molar-refractivity contribution in [2.75, 3.05) is 29.1 Å². The van der Waals surface area contributed by atoms with E-state index in [9.17, 15) is 4.79 Å². The molecule has 0 atom stereocenters. The molecule has 0 bridgehead atoms. The molecule has 4 rings (SSSR count). The highest BCUT2D eigenvalue weighted by Crippen LogP contribution is 2.29. The number of nitrogens with zero attached hydrogens (tertiary/aromatic N) is 4. The first-order valence-corrected chi connectivity index (χ1v) is 11.8. The van der Waals surface area contributed by atoms with Gasteiger partial charge in [-0.15, -0.1) is 10.2 Å². The van der Waals surface area contributed by atoms with Gasteiger partial charge in [-0.3, -0.25) is 9.36 Å². The SMILES string of the molecule is Cc1ccc(NC(=O)CSc2nnc(N3CCCCC3)n2-c2ccccc2)c(Br)c1. The summed E-state index contributed by atoms with van der Waals surface area (Å²) in [6.45, 7) is 3.98. The molecular formula is C22H24BrN5OS. The van der Waals surface area contributed by atoms with Crippen LogP contribution in [0.4, 0.5) is 11.6 Å². The van der Waals surface area contributed by atoms with Crippen molar-refractivity contribution in [2.24, 2.45) is 0 Å². The van der Waals surface area contributed by atoms with Crippen molar-refractivity contribution < 1.29 is 4.79 Å². The fourth-order valence-corrected chi connectivity index (χ4v) is 4.83. The van der Waals surface area contributed by atoms with Crippen LogP contribution in [-0.4, -0.2) is 39.5 Å². The second kappa shape index (κ2) is 9.66. The Labute approximate surface area is 189 Å². The summed E-state index contributed by atoms with van der Waals surface area (Å²) in [6, 6.07) is 16.0. The van der Waals surface area contributed by atoms with Crippen LogP contribution in [0.5, 0.6) is 0 Å². The average molecular weight is 486 g/mol. The molecule has 1 aliphatic rings. The fourth-order valence-electron chi connectivity index (χ4n) is 3.50. The van der Waals surface area contributed by atoms with Crippen LogP contribution >= 0.6 is 27.7 Å². The lowest BCUT2D eigenvalue weighted by Crippen LogP contribution is -2.31. The summed E-state index contributed by atoms with van der Waals surface area (Å²) in [6.07, 6.45) is 3.59. The minimum absolute atomic E-state index is 0.0771. The van der Waals surface area contributed by atoms with Gasteiger partial charge >= 0.3 is 0 Å². The van der Waals surface area contributed by atoms with Crippen molar-refractivity contribution in [3.8, 4) is 5.69 Å². The van der Waals surface area contributed by atoms with Crippen molar-refractivity contribution in [1.29, 1.82) is 0 Å². The molecule has 156 valence electrons. The third-order valence-corrected chi connectivity index (χ3v) is 6.59. The zero-order valence-electron chi connectivity index (χ0n) is 16.8. The Morgan fingerprint density at radius 3 is 2.60 bits per heavy atom. The molecule has 1 saturated heterocycles. The van der Waals surface area contributed by atoms with E-state index in [2.05, 4.69) is 40.9 Å². The van der Waals surface area contributed by atoms with Crippen LogP contribution in [0, 0.1) is 6.92 Å². The number of nitrogens with one attached hydrogen (secondary N) is 1. The molecule has 0 saturated carbocycles. The number of thioether (sulfide) groups is 1. The second-order valence-electron chi connectivity index (χ2n) is 7.32. The molecule has 0 unspecified atom stereocenters. The van der Waals surface area contributed by atoms with E-state index < -0.39 is 0 Å². The molecule has 1 amide bonds. The van der Waals surface area contributed by atoms with Crippen LogP contribution in [0.1, 0.15) is 24.8 Å². The van der Waals surface area contributed by atoms with Crippen LogP contribution in [0.15, 0.2) is 58.2 Å². The van der Waals surface area contributed by atoms with Crippen LogP contribution in [0.2, 0.25) is 0 Å². The van der Waals surface area contributed by atoms with Gasteiger partial charge < -0.3 is 10.2 Å². The topological polar surface area (TPSA) is 63.1 Å². The number of piperidine rings is 1. The number of amides is 1. The number of carbonyl (C=O) groups excluding carboxylic acids is 1. The molecule has 0 radical (unpaired) electrons. The van der Waals surface area contributed by atoms with Crippen LogP contribution in [0.25, 0.3) is 5.69 Å². The monoisotopic (exact) mass is 485 g/mol. The van der Waals surface area contributed by atoms with Gasteiger partial charge in [-0.05, 0) is 71.9 Å². The Morgan fingerprint density at radius 2 is 1.87 bits per heavy atom. The molecule has 0 spiro atoms. The molecular weight excluding hydrogens is 462 g/mol. The van der Waals surface area contributed by atoms with Crippen molar-refractivity contribution in [1.82, 2.24) is 14.8 Å². The van der Waals surface area contributed by atoms with Crippen LogP contribution in [-0.2, 0) is 4.79 Å². The van der Waals surface area contributed by atoms with Crippen molar-refractivity contribution in [2.45, 2.75) is 31.3 Å². The number of aryl methyl sites for hydroxylation is 1. The van der Waals surface area contributed by atoms with Crippen molar-refractivity contribution in [3.63, 3.8) is 0 Å². The molecule has 2 heterocycles. The van der Waals surface area contributed by atoms with Crippen LogP contribution < -0.4 is 10.2 Å². The molecule has 2 aromatic carbocycles. The van der Waals surface area contributed by atoms with E-state index in [4.69, 9.17) is 0 Å². The zero-order chi connectivity index (χ0) is 20.9. The van der Waals surface area contributed by atoms with E-state index in [0.717, 1.165) is 58.4 Å². The summed E-state index contributed by atoms with van der Waals surface area (Å²) < 4.78 is 2.94. The van der Waals surface area contributed by atoms with Gasteiger partial charge in [0.05, 0.1) is 17.1 Å². The summed E-state index contributed by atoms with van der Waals surface area (Å²) in [4.78, 5) is 14.8. The Hall–Kier alpha value is -2.32. The highest BCUT2D eigenvalue weighted by atomic mass is 79.9. The third-order valence-electron chi connectivity index (χ3n) is 5.00. The van der Waals surface area contributed by atoms with Gasteiger partial charge in [0, 0.05) is 17.6 Å². The first-order chi connectivity index (χ1) is 14.6. The molecule has 1 N–H and O–H groups in total. The number of hydrogen-bond donors (Lipinski definition) is 1. The highest BCUT2D eigenvalue weighted by molar-refractivity contribution is 9.10. The molecule has 1 aliphatic heterocycles. The molecule has 0 aliphatic carbocycles. The van der Waals surface area contributed by atoms with Crippen LogP contribution in [0.3, 0.4) is 0 Å². The maximum absolute atomic E-state index is 12.6. The molecule has 1 fully saturated rings.